The molecular weight excluding hydrogens is 244 g/mol. The lowest BCUT2D eigenvalue weighted by atomic mass is 10.1. The largest absolute Gasteiger partial charge is 0.395 e. The third-order valence-electron chi connectivity index (χ3n) is 2.83. The number of nitrogens with zero attached hydrogens (tertiary/aromatic N) is 2. The van der Waals surface area contributed by atoms with Gasteiger partial charge in [-0.15, -0.1) is 0 Å². The number of carbonyl (C=O) groups excluding carboxylic acids is 1. The molecule has 0 saturated heterocycles. The molecule has 2 aromatic rings. The number of amides is 1. The zero-order valence-corrected chi connectivity index (χ0v) is 10.7. The van der Waals surface area contributed by atoms with Crippen LogP contribution in [-0.2, 0) is 0 Å². The molecule has 1 aromatic heterocycles. The third kappa shape index (κ3) is 3.00. The fourth-order valence-corrected chi connectivity index (χ4v) is 1.80. The summed E-state index contributed by atoms with van der Waals surface area (Å²) in [6, 6.07) is 11.1. The van der Waals surface area contributed by atoms with Crippen LogP contribution in [0.1, 0.15) is 17.5 Å². The van der Waals surface area contributed by atoms with Crippen LogP contribution in [-0.4, -0.2) is 40.8 Å². The fraction of sp³-hybridized carbons (Fsp3) is 0.286. The molecule has 0 spiro atoms. The lowest BCUT2D eigenvalue weighted by Crippen LogP contribution is -2.33. The molecule has 0 aliphatic carbocycles. The maximum absolute atomic E-state index is 12.1. The average molecular weight is 260 g/mol. The van der Waals surface area contributed by atoms with Gasteiger partial charge in [0.05, 0.1) is 6.61 Å². The molecule has 0 atom stereocenters. The van der Waals surface area contributed by atoms with E-state index in [1.807, 2.05) is 37.3 Å². The van der Waals surface area contributed by atoms with Crippen molar-refractivity contribution in [3.63, 3.8) is 0 Å². The van der Waals surface area contributed by atoms with Crippen molar-refractivity contribution in [1.82, 2.24) is 10.1 Å². The van der Waals surface area contributed by atoms with Gasteiger partial charge in [0.2, 0.25) is 5.76 Å². The van der Waals surface area contributed by atoms with Gasteiger partial charge in [-0.1, -0.05) is 35.5 Å². The van der Waals surface area contributed by atoms with E-state index in [9.17, 15) is 4.79 Å². The molecule has 0 aliphatic heterocycles. The molecule has 1 N–H and O–H groups in total. The first-order valence-corrected chi connectivity index (χ1v) is 6.18. The minimum absolute atomic E-state index is 0.0702. The minimum atomic E-state index is -0.258. The van der Waals surface area contributed by atoms with E-state index < -0.39 is 0 Å². The second-order valence-electron chi connectivity index (χ2n) is 4.05. The first-order valence-electron chi connectivity index (χ1n) is 6.18. The Balaban J connectivity index is 2.19. The molecule has 2 rings (SSSR count). The van der Waals surface area contributed by atoms with Gasteiger partial charge in [0.1, 0.15) is 5.69 Å². The standard InChI is InChI=1S/C14H16N2O3/c1-2-16(8-9-17)14(18)13-10-12(15-19-13)11-6-4-3-5-7-11/h3-7,10,17H,2,8-9H2,1H3. The van der Waals surface area contributed by atoms with E-state index in [4.69, 9.17) is 9.63 Å². The van der Waals surface area contributed by atoms with Crippen LogP contribution in [0.15, 0.2) is 40.9 Å². The van der Waals surface area contributed by atoms with Gasteiger partial charge < -0.3 is 14.5 Å². The molecule has 0 radical (unpaired) electrons. The number of rotatable bonds is 5. The first kappa shape index (κ1) is 13.3. The molecule has 0 saturated carbocycles. The summed E-state index contributed by atoms with van der Waals surface area (Å²) in [5.74, 6) is -0.0691. The summed E-state index contributed by atoms with van der Waals surface area (Å²) in [5, 5.41) is 12.8. The molecule has 0 unspecified atom stereocenters. The predicted octanol–water partition coefficient (Wildman–Crippen LogP) is 1.80. The number of aliphatic hydroxyl groups excluding tert-OH is 1. The van der Waals surface area contributed by atoms with Crippen LogP contribution in [0.5, 0.6) is 0 Å². The Morgan fingerprint density at radius 1 is 1.37 bits per heavy atom. The van der Waals surface area contributed by atoms with Crippen molar-refractivity contribution in [2.45, 2.75) is 6.92 Å². The van der Waals surface area contributed by atoms with Gasteiger partial charge in [-0.05, 0) is 6.92 Å². The van der Waals surface area contributed by atoms with Crippen LogP contribution in [0.2, 0.25) is 0 Å². The quantitative estimate of drug-likeness (QED) is 0.890. The monoisotopic (exact) mass is 260 g/mol. The molecule has 0 fully saturated rings. The van der Waals surface area contributed by atoms with Crippen LogP contribution in [0.4, 0.5) is 0 Å². The van der Waals surface area contributed by atoms with Gasteiger partial charge in [0, 0.05) is 24.7 Å². The van der Waals surface area contributed by atoms with E-state index in [2.05, 4.69) is 5.16 Å². The number of likely N-dealkylation sites (N-methyl/N-ethyl adjacent to an activating group) is 1. The summed E-state index contributed by atoms with van der Waals surface area (Å²) in [5.41, 5.74) is 1.53. The number of hydrogen-bond donors (Lipinski definition) is 1. The highest BCUT2D eigenvalue weighted by molar-refractivity contribution is 5.92. The summed E-state index contributed by atoms with van der Waals surface area (Å²) < 4.78 is 5.09. The fourth-order valence-electron chi connectivity index (χ4n) is 1.80. The van der Waals surface area contributed by atoms with Crippen molar-refractivity contribution in [3.8, 4) is 11.3 Å². The van der Waals surface area contributed by atoms with Gasteiger partial charge in [0.25, 0.3) is 5.91 Å². The average Bonchev–Trinajstić information content (AvgIpc) is 2.95. The number of carbonyl (C=O) groups is 1. The van der Waals surface area contributed by atoms with Crippen molar-refractivity contribution in [3.05, 3.63) is 42.2 Å². The zero-order valence-electron chi connectivity index (χ0n) is 10.7. The number of aliphatic hydroxyl groups is 1. The first-order chi connectivity index (χ1) is 9.26. The van der Waals surface area contributed by atoms with E-state index >= 15 is 0 Å². The summed E-state index contributed by atoms with van der Waals surface area (Å²) in [7, 11) is 0. The lowest BCUT2D eigenvalue weighted by molar-refractivity contribution is 0.0690. The minimum Gasteiger partial charge on any atom is -0.395 e. The molecule has 0 aliphatic rings. The van der Waals surface area contributed by atoms with Crippen LogP contribution in [0.3, 0.4) is 0 Å². The highest BCUT2D eigenvalue weighted by atomic mass is 16.5. The summed E-state index contributed by atoms with van der Waals surface area (Å²) in [6.07, 6.45) is 0. The van der Waals surface area contributed by atoms with E-state index in [-0.39, 0.29) is 24.8 Å². The van der Waals surface area contributed by atoms with Gasteiger partial charge in [-0.2, -0.15) is 0 Å². The molecule has 1 aromatic carbocycles. The van der Waals surface area contributed by atoms with Crippen LogP contribution < -0.4 is 0 Å². The number of benzene rings is 1. The zero-order chi connectivity index (χ0) is 13.7. The van der Waals surface area contributed by atoms with Crippen molar-refractivity contribution < 1.29 is 14.4 Å². The van der Waals surface area contributed by atoms with E-state index in [0.29, 0.717) is 12.2 Å². The summed E-state index contributed by atoms with van der Waals surface area (Å²) in [4.78, 5) is 13.6. The van der Waals surface area contributed by atoms with Gasteiger partial charge >= 0.3 is 0 Å². The van der Waals surface area contributed by atoms with Crippen molar-refractivity contribution >= 4 is 5.91 Å². The molecule has 0 bridgehead atoms. The number of hydrogen-bond acceptors (Lipinski definition) is 4. The van der Waals surface area contributed by atoms with Crippen LogP contribution >= 0.6 is 0 Å². The Bertz CT molecular complexity index is 537. The van der Waals surface area contributed by atoms with Crippen molar-refractivity contribution in [2.24, 2.45) is 0 Å². The lowest BCUT2D eigenvalue weighted by Gasteiger charge is -2.17. The Labute approximate surface area is 111 Å². The second-order valence-corrected chi connectivity index (χ2v) is 4.05. The Hall–Kier alpha value is -2.14. The third-order valence-corrected chi connectivity index (χ3v) is 2.83. The van der Waals surface area contributed by atoms with Gasteiger partial charge in [-0.3, -0.25) is 4.79 Å². The predicted molar refractivity (Wildman–Crippen MR) is 70.6 cm³/mol. The molecule has 5 heteroatoms. The summed E-state index contributed by atoms with van der Waals surface area (Å²) in [6.45, 7) is 2.58. The highest BCUT2D eigenvalue weighted by Crippen LogP contribution is 2.19. The topological polar surface area (TPSA) is 66.6 Å². The van der Waals surface area contributed by atoms with Gasteiger partial charge in [0.15, 0.2) is 0 Å². The molecule has 5 nitrogen and oxygen atoms in total. The summed E-state index contributed by atoms with van der Waals surface area (Å²) >= 11 is 0. The molecule has 1 heterocycles. The van der Waals surface area contributed by atoms with Crippen LogP contribution in [0.25, 0.3) is 11.3 Å². The SMILES string of the molecule is CCN(CCO)C(=O)c1cc(-c2ccccc2)no1. The highest BCUT2D eigenvalue weighted by Gasteiger charge is 2.19. The van der Waals surface area contributed by atoms with Crippen molar-refractivity contribution in [1.29, 1.82) is 0 Å². The Morgan fingerprint density at radius 2 is 2.11 bits per heavy atom. The van der Waals surface area contributed by atoms with E-state index in [1.54, 1.807) is 6.07 Å². The van der Waals surface area contributed by atoms with Crippen molar-refractivity contribution in [2.75, 3.05) is 19.7 Å². The molecular formula is C14H16N2O3. The maximum atomic E-state index is 12.1. The normalized spacial score (nSPS) is 10.4. The molecule has 19 heavy (non-hydrogen) atoms. The maximum Gasteiger partial charge on any atom is 0.292 e. The smallest absolute Gasteiger partial charge is 0.292 e. The number of aromatic nitrogens is 1. The molecule has 100 valence electrons. The second kappa shape index (κ2) is 6.15. The molecule has 1 amide bonds. The van der Waals surface area contributed by atoms with Crippen LogP contribution in [0, 0.1) is 0 Å². The van der Waals surface area contributed by atoms with E-state index in [0.717, 1.165) is 5.56 Å². The van der Waals surface area contributed by atoms with Gasteiger partial charge in [-0.25, -0.2) is 0 Å². The Kier molecular flexibility index (Phi) is 4.30. The Morgan fingerprint density at radius 3 is 2.74 bits per heavy atom. The van der Waals surface area contributed by atoms with E-state index in [1.165, 1.54) is 4.90 Å².